The number of alkyl halides is 3. The van der Waals surface area contributed by atoms with Gasteiger partial charge in [0.05, 0.1) is 18.0 Å². The minimum atomic E-state index is -4.32. The summed E-state index contributed by atoms with van der Waals surface area (Å²) in [4.78, 5) is 0. The molecule has 2 rings (SSSR count). The van der Waals surface area contributed by atoms with Crippen molar-refractivity contribution in [2.75, 3.05) is 7.05 Å². The molecule has 2 aromatic rings. The number of halogens is 3. The lowest BCUT2D eigenvalue weighted by atomic mass is 10.1. The van der Waals surface area contributed by atoms with Gasteiger partial charge in [-0.25, -0.2) is 0 Å². The van der Waals surface area contributed by atoms with Gasteiger partial charge in [-0.2, -0.15) is 13.2 Å². The Bertz CT molecular complexity index is 574. The molecule has 0 radical (unpaired) electrons. The topological polar surface area (TPSA) is 51.0 Å². The Hall–Kier alpha value is -1.89. The van der Waals surface area contributed by atoms with Crippen LogP contribution in [0.5, 0.6) is 0 Å². The standard InChI is InChI=1S/C14H16F3N3O/c1-3-11(18-2)13-20-19-12(21-13)8-9-4-6-10(7-5-9)14(15,16)17/h4-7,11,18H,3,8H2,1-2H3. The number of hydrogen-bond donors (Lipinski definition) is 1. The number of hydrogen-bond acceptors (Lipinski definition) is 4. The molecule has 0 saturated carbocycles. The van der Waals surface area contributed by atoms with Crippen molar-refractivity contribution >= 4 is 0 Å². The van der Waals surface area contributed by atoms with Crippen molar-refractivity contribution in [1.82, 2.24) is 15.5 Å². The minimum absolute atomic E-state index is 0.0149. The number of aromatic nitrogens is 2. The lowest BCUT2D eigenvalue weighted by molar-refractivity contribution is -0.137. The smallest absolute Gasteiger partial charge is 0.416 e. The Morgan fingerprint density at radius 2 is 1.86 bits per heavy atom. The zero-order chi connectivity index (χ0) is 15.5. The molecular formula is C14H16F3N3O. The zero-order valence-electron chi connectivity index (χ0n) is 11.7. The van der Waals surface area contributed by atoms with E-state index in [0.29, 0.717) is 23.8 Å². The number of benzene rings is 1. The van der Waals surface area contributed by atoms with E-state index in [1.807, 2.05) is 6.92 Å². The van der Waals surface area contributed by atoms with Gasteiger partial charge in [-0.3, -0.25) is 0 Å². The molecule has 21 heavy (non-hydrogen) atoms. The second-order valence-corrected chi connectivity index (χ2v) is 4.66. The summed E-state index contributed by atoms with van der Waals surface area (Å²) in [5.74, 6) is 0.875. The Labute approximate surface area is 120 Å². The summed E-state index contributed by atoms with van der Waals surface area (Å²) in [6.45, 7) is 1.99. The van der Waals surface area contributed by atoms with Crippen molar-refractivity contribution in [3.63, 3.8) is 0 Å². The van der Waals surface area contributed by atoms with Crippen molar-refractivity contribution in [2.24, 2.45) is 0 Å². The molecule has 0 bridgehead atoms. The SMILES string of the molecule is CCC(NC)c1nnc(Cc2ccc(C(F)(F)F)cc2)o1. The van der Waals surface area contributed by atoms with Gasteiger partial charge in [0, 0.05) is 0 Å². The molecule has 1 N–H and O–H groups in total. The maximum Gasteiger partial charge on any atom is 0.416 e. The lowest BCUT2D eigenvalue weighted by Gasteiger charge is -2.07. The fourth-order valence-corrected chi connectivity index (χ4v) is 1.97. The fourth-order valence-electron chi connectivity index (χ4n) is 1.97. The van der Waals surface area contributed by atoms with Gasteiger partial charge in [0.1, 0.15) is 0 Å². The summed E-state index contributed by atoms with van der Waals surface area (Å²) >= 11 is 0. The van der Waals surface area contributed by atoms with Crippen molar-refractivity contribution in [2.45, 2.75) is 32.0 Å². The van der Waals surface area contributed by atoms with E-state index < -0.39 is 11.7 Å². The third kappa shape index (κ3) is 3.81. The first-order valence-corrected chi connectivity index (χ1v) is 6.59. The molecule has 1 atom stereocenters. The molecule has 7 heteroatoms. The molecule has 0 aliphatic heterocycles. The summed E-state index contributed by atoms with van der Waals surface area (Å²) < 4.78 is 42.9. The van der Waals surface area contributed by atoms with Crippen molar-refractivity contribution in [3.8, 4) is 0 Å². The van der Waals surface area contributed by atoms with Crippen molar-refractivity contribution in [1.29, 1.82) is 0 Å². The van der Waals surface area contributed by atoms with Crippen LogP contribution in [0.3, 0.4) is 0 Å². The molecule has 0 aliphatic rings. The molecular weight excluding hydrogens is 283 g/mol. The zero-order valence-corrected chi connectivity index (χ0v) is 11.7. The average Bonchev–Trinajstić information content (AvgIpc) is 2.88. The van der Waals surface area contributed by atoms with Gasteiger partial charge >= 0.3 is 6.18 Å². The molecule has 0 aliphatic carbocycles. The maximum atomic E-state index is 12.5. The fraction of sp³-hybridized carbons (Fsp3) is 0.429. The summed E-state index contributed by atoms with van der Waals surface area (Å²) in [7, 11) is 1.80. The maximum absolute atomic E-state index is 12.5. The van der Waals surface area contributed by atoms with E-state index in [0.717, 1.165) is 18.6 Å². The number of rotatable bonds is 5. The van der Waals surface area contributed by atoms with Crippen LogP contribution >= 0.6 is 0 Å². The molecule has 1 heterocycles. The second-order valence-electron chi connectivity index (χ2n) is 4.66. The van der Waals surface area contributed by atoms with Crippen LogP contribution in [-0.2, 0) is 12.6 Å². The largest absolute Gasteiger partial charge is 0.423 e. The van der Waals surface area contributed by atoms with E-state index in [1.54, 1.807) is 7.05 Å². The van der Waals surface area contributed by atoms with Gasteiger partial charge in [0.15, 0.2) is 0 Å². The van der Waals surface area contributed by atoms with E-state index in [-0.39, 0.29) is 6.04 Å². The summed E-state index contributed by atoms with van der Waals surface area (Å²) in [6, 6.07) is 4.92. The highest BCUT2D eigenvalue weighted by molar-refractivity contribution is 5.26. The van der Waals surface area contributed by atoms with E-state index in [2.05, 4.69) is 15.5 Å². The van der Waals surface area contributed by atoms with Gasteiger partial charge in [-0.1, -0.05) is 19.1 Å². The predicted molar refractivity (Wildman–Crippen MR) is 70.6 cm³/mol. The third-order valence-electron chi connectivity index (χ3n) is 3.17. The molecule has 0 amide bonds. The van der Waals surface area contributed by atoms with E-state index in [9.17, 15) is 13.2 Å². The molecule has 114 valence electrons. The van der Waals surface area contributed by atoms with Crippen molar-refractivity contribution < 1.29 is 17.6 Å². The van der Waals surface area contributed by atoms with Gasteiger partial charge in [0.25, 0.3) is 0 Å². The van der Waals surface area contributed by atoms with Crippen LogP contribution in [0.4, 0.5) is 13.2 Å². The second kappa shape index (κ2) is 6.26. The Morgan fingerprint density at radius 1 is 1.19 bits per heavy atom. The first-order chi connectivity index (χ1) is 9.94. The van der Waals surface area contributed by atoms with E-state index >= 15 is 0 Å². The quantitative estimate of drug-likeness (QED) is 0.920. The van der Waals surface area contributed by atoms with E-state index in [4.69, 9.17) is 4.42 Å². The molecule has 0 saturated heterocycles. The Balaban J connectivity index is 2.08. The third-order valence-corrected chi connectivity index (χ3v) is 3.17. The number of nitrogens with zero attached hydrogens (tertiary/aromatic N) is 2. The summed E-state index contributed by atoms with van der Waals surface area (Å²) in [5, 5.41) is 10.9. The van der Waals surface area contributed by atoms with Crippen LogP contribution in [0.1, 0.15) is 42.3 Å². The monoisotopic (exact) mass is 299 g/mol. The predicted octanol–water partition coefficient (Wildman–Crippen LogP) is 3.35. The first-order valence-electron chi connectivity index (χ1n) is 6.59. The van der Waals surface area contributed by atoms with Crippen LogP contribution in [0.2, 0.25) is 0 Å². The molecule has 1 unspecified atom stereocenters. The summed E-state index contributed by atoms with van der Waals surface area (Å²) in [5.41, 5.74) is 0.0226. The van der Waals surface area contributed by atoms with Crippen molar-refractivity contribution in [3.05, 3.63) is 47.2 Å². The first kappa shape index (κ1) is 15.5. The Morgan fingerprint density at radius 3 is 2.38 bits per heavy atom. The Kier molecular flexibility index (Phi) is 4.62. The molecule has 1 aromatic heterocycles. The van der Waals surface area contributed by atoms with Crippen LogP contribution in [-0.4, -0.2) is 17.2 Å². The highest BCUT2D eigenvalue weighted by Gasteiger charge is 2.30. The number of nitrogens with one attached hydrogen (secondary N) is 1. The van der Waals surface area contributed by atoms with Gasteiger partial charge in [-0.05, 0) is 31.2 Å². The lowest BCUT2D eigenvalue weighted by Crippen LogP contribution is -2.15. The van der Waals surface area contributed by atoms with Crippen LogP contribution < -0.4 is 5.32 Å². The normalized spacial score (nSPS) is 13.4. The molecule has 0 fully saturated rings. The molecule has 1 aromatic carbocycles. The van der Waals surface area contributed by atoms with Gasteiger partial charge < -0.3 is 9.73 Å². The minimum Gasteiger partial charge on any atom is -0.423 e. The van der Waals surface area contributed by atoms with Crippen LogP contribution in [0, 0.1) is 0 Å². The average molecular weight is 299 g/mol. The van der Waals surface area contributed by atoms with Gasteiger partial charge in [0.2, 0.25) is 11.8 Å². The molecule has 4 nitrogen and oxygen atoms in total. The van der Waals surface area contributed by atoms with Gasteiger partial charge in [-0.15, -0.1) is 10.2 Å². The van der Waals surface area contributed by atoms with Crippen LogP contribution in [0.15, 0.2) is 28.7 Å². The van der Waals surface area contributed by atoms with E-state index in [1.165, 1.54) is 12.1 Å². The summed E-state index contributed by atoms with van der Waals surface area (Å²) in [6.07, 6.45) is -3.21. The highest BCUT2D eigenvalue weighted by Crippen LogP contribution is 2.29. The molecule has 0 spiro atoms. The highest BCUT2D eigenvalue weighted by atomic mass is 19.4. The van der Waals surface area contributed by atoms with Crippen LogP contribution in [0.25, 0.3) is 0 Å².